The van der Waals surface area contributed by atoms with E-state index in [0.29, 0.717) is 0 Å². The monoisotopic (exact) mass is 376 g/mol. The summed E-state index contributed by atoms with van der Waals surface area (Å²) in [7, 11) is 0. The number of allylic oxidation sites excluding steroid dienone is 2. The van der Waals surface area contributed by atoms with Crippen molar-refractivity contribution < 1.29 is 0 Å². The van der Waals surface area contributed by atoms with Gasteiger partial charge in [-0.3, -0.25) is 0 Å². The van der Waals surface area contributed by atoms with Crippen molar-refractivity contribution in [3.63, 3.8) is 0 Å². The number of benzene rings is 2. The topological polar surface area (TPSA) is 0 Å². The summed E-state index contributed by atoms with van der Waals surface area (Å²) in [5.74, 6) is 15.0. The summed E-state index contributed by atoms with van der Waals surface area (Å²) >= 11 is 0. The molecular weight excluding hydrogens is 348 g/mol. The molecule has 8 aliphatic rings. The van der Waals surface area contributed by atoms with Gasteiger partial charge in [-0.2, -0.15) is 0 Å². The zero-order valence-corrected chi connectivity index (χ0v) is 16.8. The van der Waals surface area contributed by atoms with Gasteiger partial charge in [0.1, 0.15) is 0 Å². The molecule has 10 rings (SSSR count). The van der Waals surface area contributed by atoms with E-state index in [-0.39, 0.29) is 0 Å². The third-order valence-corrected chi connectivity index (χ3v) is 12.4. The van der Waals surface area contributed by atoms with Crippen LogP contribution in [0.2, 0.25) is 0 Å². The number of hydrogen-bond acceptors (Lipinski definition) is 0. The molecule has 2 aromatic carbocycles. The van der Waals surface area contributed by atoms with Crippen LogP contribution in [0.4, 0.5) is 0 Å². The first-order chi connectivity index (χ1) is 14.4. The molecule has 0 unspecified atom stereocenters. The highest BCUT2D eigenvalue weighted by Crippen LogP contribution is 2.85. The first-order valence-electron chi connectivity index (χ1n) is 12.6. The van der Waals surface area contributed by atoms with Gasteiger partial charge in [0.25, 0.3) is 0 Å². The zero-order valence-electron chi connectivity index (χ0n) is 16.8. The Balaban J connectivity index is 1.09. The summed E-state index contributed by atoms with van der Waals surface area (Å²) in [6.07, 6.45) is 9.94. The molecule has 0 amide bonds. The largest absolute Gasteiger partial charge is 0.0848 e. The highest BCUT2D eigenvalue weighted by Gasteiger charge is 2.79. The van der Waals surface area contributed by atoms with Gasteiger partial charge in [0.05, 0.1) is 0 Å². The lowest BCUT2D eigenvalue weighted by Crippen LogP contribution is -2.62. The molecule has 6 bridgehead atoms. The Hall–Kier alpha value is -1.56. The Morgan fingerprint density at radius 3 is 1.59 bits per heavy atom. The van der Waals surface area contributed by atoms with E-state index in [9.17, 15) is 0 Å². The van der Waals surface area contributed by atoms with E-state index in [1.54, 1.807) is 17.5 Å². The molecule has 2 aromatic rings. The van der Waals surface area contributed by atoms with Crippen molar-refractivity contribution in [2.24, 2.45) is 71.0 Å². The number of rotatable bonds is 0. The first kappa shape index (κ1) is 14.4. The Bertz CT molecular complexity index is 1070. The van der Waals surface area contributed by atoms with Crippen LogP contribution in [0, 0.1) is 71.0 Å². The predicted molar refractivity (Wildman–Crippen MR) is 114 cm³/mol. The minimum absolute atomic E-state index is 0.916. The van der Waals surface area contributed by atoms with Gasteiger partial charge in [-0.25, -0.2) is 0 Å². The van der Waals surface area contributed by atoms with Crippen LogP contribution in [0.15, 0.2) is 48.6 Å². The highest BCUT2D eigenvalue weighted by molar-refractivity contribution is 5.85. The third kappa shape index (κ3) is 1.29. The van der Waals surface area contributed by atoms with Gasteiger partial charge >= 0.3 is 0 Å². The van der Waals surface area contributed by atoms with Gasteiger partial charge in [-0.05, 0) is 124 Å². The van der Waals surface area contributed by atoms with Gasteiger partial charge in [0, 0.05) is 0 Å². The van der Waals surface area contributed by atoms with Crippen LogP contribution in [0.3, 0.4) is 0 Å². The lowest BCUT2D eigenvalue weighted by Gasteiger charge is -2.66. The molecule has 0 heteroatoms. The first-order valence-corrected chi connectivity index (χ1v) is 12.6. The van der Waals surface area contributed by atoms with E-state index in [1.807, 2.05) is 0 Å². The Morgan fingerprint density at radius 2 is 1.03 bits per heavy atom. The van der Waals surface area contributed by atoms with Gasteiger partial charge < -0.3 is 0 Å². The quantitative estimate of drug-likeness (QED) is 0.290. The molecule has 14 atom stereocenters. The molecule has 0 aliphatic heterocycles. The summed E-state index contributed by atoms with van der Waals surface area (Å²) in [5, 5.41) is 2.96. The fourth-order valence-corrected chi connectivity index (χ4v) is 12.2. The van der Waals surface area contributed by atoms with Crippen LogP contribution in [-0.4, -0.2) is 0 Å². The van der Waals surface area contributed by atoms with E-state index >= 15 is 0 Å². The second-order valence-electron chi connectivity index (χ2n) is 12.4. The average Bonchev–Trinajstić information content (AvgIpc) is 3.50. The second-order valence-corrected chi connectivity index (χ2v) is 12.4. The predicted octanol–water partition coefficient (Wildman–Crippen LogP) is 6.24. The zero-order chi connectivity index (χ0) is 18.2. The minimum atomic E-state index is 0.916. The minimum Gasteiger partial charge on any atom is -0.0848 e. The molecule has 0 heterocycles. The molecule has 0 N–H and O–H groups in total. The van der Waals surface area contributed by atoms with Crippen molar-refractivity contribution >= 4 is 10.8 Å². The lowest BCUT2D eigenvalue weighted by molar-refractivity contribution is -0.177. The lowest BCUT2D eigenvalue weighted by atomic mass is 9.38. The van der Waals surface area contributed by atoms with Crippen molar-refractivity contribution in [3.8, 4) is 0 Å². The molecule has 0 saturated heterocycles. The summed E-state index contributed by atoms with van der Waals surface area (Å²) < 4.78 is 0. The highest BCUT2D eigenvalue weighted by atomic mass is 14.8. The molecule has 0 nitrogen and oxygen atoms in total. The van der Waals surface area contributed by atoms with E-state index in [1.165, 1.54) is 23.6 Å². The SMILES string of the molecule is C1=C[C@H]2C[C@@H]1[C@@H]1[C@H]3[C@H]4C[C@@H]([C@H]3[C@@H]12)[C@H]1[C@@H]4[C@H]2[C@@H]1[C@H]1C[C@@H]2c2cc3ccccc3cc21. The number of fused-ring (bicyclic) bond motifs is 26. The van der Waals surface area contributed by atoms with E-state index in [2.05, 4.69) is 48.6 Å². The molecular formula is C29H28. The maximum absolute atomic E-state index is 2.63. The molecule has 0 spiro atoms. The molecule has 0 aromatic heterocycles. The van der Waals surface area contributed by atoms with Crippen molar-refractivity contribution in [1.82, 2.24) is 0 Å². The van der Waals surface area contributed by atoms with E-state index in [0.717, 1.165) is 82.9 Å². The fourth-order valence-electron chi connectivity index (χ4n) is 12.2. The molecule has 6 fully saturated rings. The standard InChI is InChI=1S/C29H28/c1-2-4-13-9-17-16(8-12(13)3-1)18-10-19(17)25-24(18)28-20-11-21(29(25)28)27-23-15-6-5-14(7-15)22(23)26(20)27/h1-6,8-9,14-15,18-29H,7,10-11H2/t14-,15+,18-,19+,20-,21+,22+,23-,24-,25+,26-,27+,28+,29-. The van der Waals surface area contributed by atoms with Crippen molar-refractivity contribution in [1.29, 1.82) is 0 Å². The maximum Gasteiger partial charge on any atom is -0.0119 e. The van der Waals surface area contributed by atoms with Crippen LogP contribution in [0.1, 0.15) is 42.2 Å². The van der Waals surface area contributed by atoms with Gasteiger partial charge in [0.2, 0.25) is 0 Å². The van der Waals surface area contributed by atoms with E-state index in [4.69, 9.17) is 0 Å². The van der Waals surface area contributed by atoms with Crippen LogP contribution < -0.4 is 0 Å². The summed E-state index contributed by atoms with van der Waals surface area (Å²) in [5.41, 5.74) is 3.56. The van der Waals surface area contributed by atoms with Gasteiger partial charge in [-0.1, -0.05) is 48.6 Å². The average molecular weight is 377 g/mol. The Labute approximate surface area is 172 Å². The van der Waals surface area contributed by atoms with E-state index < -0.39 is 0 Å². The van der Waals surface area contributed by atoms with Crippen molar-refractivity contribution in [2.75, 3.05) is 0 Å². The summed E-state index contributed by atoms with van der Waals surface area (Å²) in [4.78, 5) is 0. The molecule has 8 aliphatic carbocycles. The van der Waals surface area contributed by atoms with Gasteiger partial charge in [0.15, 0.2) is 0 Å². The second kappa shape index (κ2) is 4.25. The Morgan fingerprint density at radius 1 is 0.517 bits per heavy atom. The molecule has 29 heavy (non-hydrogen) atoms. The number of hydrogen-bond donors (Lipinski definition) is 0. The Kier molecular flexibility index (Phi) is 2.12. The van der Waals surface area contributed by atoms with Crippen LogP contribution in [0.5, 0.6) is 0 Å². The normalized spacial score (nSPS) is 59.9. The van der Waals surface area contributed by atoms with Gasteiger partial charge in [-0.15, -0.1) is 0 Å². The third-order valence-electron chi connectivity index (χ3n) is 12.4. The smallest absolute Gasteiger partial charge is 0.0119 e. The van der Waals surface area contributed by atoms with Crippen LogP contribution in [0.25, 0.3) is 10.8 Å². The van der Waals surface area contributed by atoms with Crippen LogP contribution >= 0.6 is 0 Å². The van der Waals surface area contributed by atoms with Crippen LogP contribution in [-0.2, 0) is 0 Å². The molecule has 0 radical (unpaired) electrons. The molecule has 6 saturated carbocycles. The van der Waals surface area contributed by atoms with Crippen molar-refractivity contribution in [3.05, 3.63) is 59.7 Å². The molecule has 144 valence electrons. The summed E-state index contributed by atoms with van der Waals surface area (Å²) in [6.45, 7) is 0. The maximum atomic E-state index is 2.63. The summed E-state index contributed by atoms with van der Waals surface area (Å²) in [6, 6.07) is 14.3. The van der Waals surface area contributed by atoms with Crippen molar-refractivity contribution in [2.45, 2.75) is 31.1 Å². The fraction of sp³-hybridized carbons (Fsp3) is 0.586.